The van der Waals surface area contributed by atoms with Crippen LogP contribution in [0.3, 0.4) is 0 Å². The SMILES string of the molecule is CN=C(NCCc1ccc(OC)cc1Cl)NC1CCC(C(F)(F)F)CC1. The predicted octanol–water partition coefficient (Wildman–Crippen LogP) is 4.18. The van der Waals surface area contributed by atoms with Crippen LogP contribution in [0.4, 0.5) is 13.2 Å². The Labute approximate surface area is 157 Å². The van der Waals surface area contributed by atoms with Crippen LogP contribution in [0.2, 0.25) is 5.02 Å². The van der Waals surface area contributed by atoms with Crippen molar-refractivity contribution in [2.45, 2.75) is 44.3 Å². The number of hydrogen-bond acceptors (Lipinski definition) is 2. The van der Waals surface area contributed by atoms with Crippen LogP contribution >= 0.6 is 11.6 Å². The Morgan fingerprint density at radius 3 is 2.50 bits per heavy atom. The molecule has 1 aromatic rings. The molecule has 0 saturated heterocycles. The highest BCUT2D eigenvalue weighted by atomic mass is 35.5. The van der Waals surface area contributed by atoms with Gasteiger partial charge < -0.3 is 15.4 Å². The molecule has 1 saturated carbocycles. The summed E-state index contributed by atoms with van der Waals surface area (Å²) in [4.78, 5) is 4.15. The summed E-state index contributed by atoms with van der Waals surface area (Å²) < 4.78 is 43.3. The third-order valence-electron chi connectivity index (χ3n) is 4.70. The van der Waals surface area contributed by atoms with Crippen LogP contribution in [-0.2, 0) is 6.42 Å². The molecule has 4 nitrogen and oxygen atoms in total. The smallest absolute Gasteiger partial charge is 0.391 e. The molecule has 2 N–H and O–H groups in total. The van der Waals surface area contributed by atoms with Gasteiger partial charge in [-0.2, -0.15) is 13.2 Å². The zero-order chi connectivity index (χ0) is 19.2. The molecule has 1 aliphatic rings. The minimum Gasteiger partial charge on any atom is -0.497 e. The fourth-order valence-corrected chi connectivity index (χ4v) is 3.39. The van der Waals surface area contributed by atoms with Crippen LogP contribution in [-0.4, -0.2) is 38.9 Å². The van der Waals surface area contributed by atoms with Crippen molar-refractivity contribution in [3.8, 4) is 5.75 Å². The molecular weight excluding hydrogens is 367 g/mol. The molecule has 0 atom stereocenters. The van der Waals surface area contributed by atoms with E-state index in [1.807, 2.05) is 12.1 Å². The van der Waals surface area contributed by atoms with Crippen molar-refractivity contribution < 1.29 is 17.9 Å². The van der Waals surface area contributed by atoms with E-state index in [4.69, 9.17) is 16.3 Å². The zero-order valence-electron chi connectivity index (χ0n) is 15.0. The third-order valence-corrected chi connectivity index (χ3v) is 5.05. The van der Waals surface area contributed by atoms with E-state index in [0.717, 1.165) is 5.56 Å². The van der Waals surface area contributed by atoms with Crippen LogP contribution in [0.15, 0.2) is 23.2 Å². The highest BCUT2D eigenvalue weighted by Crippen LogP contribution is 2.37. The van der Waals surface area contributed by atoms with Crippen molar-refractivity contribution in [2.24, 2.45) is 10.9 Å². The van der Waals surface area contributed by atoms with E-state index in [2.05, 4.69) is 15.6 Å². The molecule has 1 fully saturated rings. The minimum atomic E-state index is -4.08. The average molecular weight is 392 g/mol. The molecule has 1 aliphatic carbocycles. The second-order valence-corrected chi connectivity index (χ2v) is 6.85. The summed E-state index contributed by atoms with van der Waals surface area (Å²) in [6, 6.07) is 5.55. The summed E-state index contributed by atoms with van der Waals surface area (Å²) in [5, 5.41) is 7.04. The standard InChI is InChI=1S/C18H25ClF3N3O/c1-23-17(25-14-6-4-13(5-7-14)18(20,21)22)24-10-9-12-3-8-15(26-2)11-16(12)19/h3,8,11,13-14H,4-7,9-10H2,1-2H3,(H2,23,24,25). The van der Waals surface area contributed by atoms with Crippen molar-refractivity contribution in [2.75, 3.05) is 20.7 Å². The van der Waals surface area contributed by atoms with Crippen LogP contribution in [0.5, 0.6) is 5.75 Å². The predicted molar refractivity (Wildman–Crippen MR) is 98.0 cm³/mol. The molecule has 0 spiro atoms. The van der Waals surface area contributed by atoms with Crippen LogP contribution in [0, 0.1) is 5.92 Å². The molecule has 1 aromatic carbocycles. The van der Waals surface area contributed by atoms with Gasteiger partial charge in [0, 0.05) is 24.7 Å². The fourth-order valence-electron chi connectivity index (χ4n) is 3.13. The first-order chi connectivity index (χ1) is 12.3. The quantitative estimate of drug-likeness (QED) is 0.584. The third kappa shape index (κ3) is 5.97. The Balaban J connectivity index is 1.77. The minimum absolute atomic E-state index is 0.0179. The molecule has 0 heterocycles. The van der Waals surface area contributed by atoms with E-state index < -0.39 is 12.1 Å². The van der Waals surface area contributed by atoms with Crippen molar-refractivity contribution in [3.05, 3.63) is 28.8 Å². The van der Waals surface area contributed by atoms with Gasteiger partial charge in [-0.15, -0.1) is 0 Å². The molecule has 0 radical (unpaired) electrons. The van der Waals surface area contributed by atoms with Crippen molar-refractivity contribution in [1.82, 2.24) is 10.6 Å². The summed E-state index contributed by atoms with van der Waals surface area (Å²) in [6.07, 6.45) is -2.06. The van der Waals surface area contributed by atoms with Gasteiger partial charge in [0.2, 0.25) is 0 Å². The number of benzene rings is 1. The molecule has 0 unspecified atom stereocenters. The van der Waals surface area contributed by atoms with E-state index >= 15 is 0 Å². The van der Waals surface area contributed by atoms with E-state index in [1.54, 1.807) is 20.2 Å². The highest BCUT2D eigenvalue weighted by molar-refractivity contribution is 6.31. The van der Waals surface area contributed by atoms with Gasteiger partial charge in [-0.1, -0.05) is 17.7 Å². The van der Waals surface area contributed by atoms with Crippen molar-refractivity contribution in [1.29, 1.82) is 0 Å². The summed E-state index contributed by atoms with van der Waals surface area (Å²) >= 11 is 6.22. The second kappa shape index (κ2) is 9.35. The number of ether oxygens (including phenoxy) is 1. The normalized spacial score (nSPS) is 21.4. The molecule has 146 valence electrons. The van der Waals surface area contributed by atoms with Crippen LogP contribution in [0.25, 0.3) is 0 Å². The topological polar surface area (TPSA) is 45.7 Å². The van der Waals surface area contributed by atoms with E-state index in [0.29, 0.717) is 42.5 Å². The number of guanidine groups is 1. The Bertz CT molecular complexity index is 614. The first-order valence-electron chi connectivity index (χ1n) is 8.69. The average Bonchev–Trinajstić information content (AvgIpc) is 2.61. The lowest BCUT2D eigenvalue weighted by Crippen LogP contribution is -2.46. The van der Waals surface area contributed by atoms with Gasteiger partial charge in [0.25, 0.3) is 0 Å². The van der Waals surface area contributed by atoms with Gasteiger partial charge in [-0.3, -0.25) is 4.99 Å². The van der Waals surface area contributed by atoms with Crippen LogP contribution in [0.1, 0.15) is 31.2 Å². The Morgan fingerprint density at radius 1 is 1.27 bits per heavy atom. The van der Waals surface area contributed by atoms with Gasteiger partial charge >= 0.3 is 6.18 Å². The van der Waals surface area contributed by atoms with Gasteiger partial charge in [0.15, 0.2) is 5.96 Å². The monoisotopic (exact) mass is 391 g/mol. The number of aliphatic imine (C=N–C) groups is 1. The van der Waals surface area contributed by atoms with Gasteiger partial charge in [0.05, 0.1) is 13.0 Å². The van der Waals surface area contributed by atoms with Crippen LogP contribution < -0.4 is 15.4 Å². The van der Waals surface area contributed by atoms with E-state index in [-0.39, 0.29) is 18.9 Å². The molecule has 2 rings (SSSR count). The molecular formula is C18H25ClF3N3O. The molecule has 0 aromatic heterocycles. The molecule has 26 heavy (non-hydrogen) atoms. The first-order valence-corrected chi connectivity index (χ1v) is 9.07. The summed E-state index contributed by atoms with van der Waals surface area (Å²) in [6.45, 7) is 0.615. The number of methoxy groups -OCH3 is 1. The largest absolute Gasteiger partial charge is 0.497 e. The zero-order valence-corrected chi connectivity index (χ0v) is 15.8. The lowest BCUT2D eigenvalue weighted by atomic mass is 9.85. The summed E-state index contributed by atoms with van der Waals surface area (Å²) in [5.74, 6) is 0.136. The number of alkyl halides is 3. The summed E-state index contributed by atoms with van der Waals surface area (Å²) in [7, 11) is 3.24. The molecule has 0 aliphatic heterocycles. The number of hydrogen-bond donors (Lipinski definition) is 2. The second-order valence-electron chi connectivity index (χ2n) is 6.44. The Kier molecular flexibility index (Phi) is 7.43. The van der Waals surface area contributed by atoms with Crippen molar-refractivity contribution >= 4 is 17.6 Å². The van der Waals surface area contributed by atoms with Crippen molar-refractivity contribution in [3.63, 3.8) is 0 Å². The van der Waals surface area contributed by atoms with Gasteiger partial charge in [-0.05, 0) is 49.8 Å². The number of rotatable bonds is 5. The maximum atomic E-state index is 12.7. The highest BCUT2D eigenvalue weighted by Gasteiger charge is 2.41. The number of nitrogens with one attached hydrogen (secondary N) is 2. The lowest BCUT2D eigenvalue weighted by Gasteiger charge is -2.31. The fraction of sp³-hybridized carbons (Fsp3) is 0.611. The van der Waals surface area contributed by atoms with Gasteiger partial charge in [-0.25, -0.2) is 0 Å². The molecule has 0 amide bonds. The Hall–Kier alpha value is -1.63. The summed E-state index contributed by atoms with van der Waals surface area (Å²) in [5.41, 5.74) is 0.987. The van der Waals surface area contributed by atoms with Gasteiger partial charge in [0.1, 0.15) is 5.75 Å². The maximum absolute atomic E-state index is 12.7. The number of nitrogens with zero attached hydrogens (tertiary/aromatic N) is 1. The molecule has 0 bridgehead atoms. The number of halogens is 4. The Morgan fingerprint density at radius 2 is 1.96 bits per heavy atom. The lowest BCUT2D eigenvalue weighted by molar-refractivity contribution is -0.182. The van der Waals surface area contributed by atoms with E-state index in [1.165, 1.54) is 0 Å². The van der Waals surface area contributed by atoms with E-state index in [9.17, 15) is 13.2 Å². The maximum Gasteiger partial charge on any atom is 0.391 e. The first kappa shape index (κ1) is 20.7. The molecule has 8 heteroatoms.